The molecule has 0 aliphatic heterocycles. The Labute approximate surface area is 171 Å². The molecule has 6 heteroatoms. The minimum Gasteiger partial charge on any atom is -0.333 e. The molecule has 0 heterocycles. The van der Waals surface area contributed by atoms with Crippen LogP contribution in [-0.2, 0) is 11.3 Å². The van der Waals surface area contributed by atoms with E-state index in [2.05, 4.69) is 12.2 Å². The van der Waals surface area contributed by atoms with Crippen molar-refractivity contribution in [1.29, 1.82) is 0 Å². The number of rotatable bonds is 8. The molecule has 0 bridgehead atoms. The Morgan fingerprint density at radius 3 is 2.31 bits per heavy atom. The monoisotopic (exact) mass is 397 g/mol. The fraction of sp³-hybridized carbons (Fsp3) is 0.391. The third-order valence-corrected chi connectivity index (χ3v) is 5.27. The van der Waals surface area contributed by atoms with E-state index in [1.54, 1.807) is 47.4 Å². The van der Waals surface area contributed by atoms with Gasteiger partial charge in [0, 0.05) is 42.4 Å². The second kappa shape index (κ2) is 9.18. The molecule has 1 saturated carbocycles. The van der Waals surface area contributed by atoms with E-state index in [1.165, 1.54) is 6.07 Å². The van der Waals surface area contributed by atoms with E-state index in [1.807, 2.05) is 19.0 Å². The van der Waals surface area contributed by atoms with E-state index in [-0.39, 0.29) is 30.1 Å². The topological polar surface area (TPSA) is 52.7 Å². The molecule has 2 atom stereocenters. The average molecular weight is 397 g/mol. The lowest BCUT2D eigenvalue weighted by Gasteiger charge is -2.25. The second-order valence-corrected chi connectivity index (χ2v) is 8.01. The molecule has 1 fully saturated rings. The van der Waals surface area contributed by atoms with Gasteiger partial charge in [0.15, 0.2) is 0 Å². The van der Waals surface area contributed by atoms with Crippen LogP contribution >= 0.6 is 0 Å². The highest BCUT2D eigenvalue weighted by Gasteiger charge is 2.39. The quantitative estimate of drug-likeness (QED) is 0.740. The zero-order valence-corrected chi connectivity index (χ0v) is 17.2. The van der Waals surface area contributed by atoms with Crippen LogP contribution in [0.2, 0.25) is 0 Å². The van der Waals surface area contributed by atoms with Crippen molar-refractivity contribution < 1.29 is 14.0 Å². The molecule has 154 valence electrons. The minimum absolute atomic E-state index is 0.0312. The highest BCUT2D eigenvalue weighted by Crippen LogP contribution is 2.38. The molecule has 3 rings (SSSR count). The number of carbonyl (C=O) groups excluding carboxylic acids is 2. The summed E-state index contributed by atoms with van der Waals surface area (Å²) in [6, 6.07) is 13.4. The van der Waals surface area contributed by atoms with E-state index in [4.69, 9.17) is 0 Å². The van der Waals surface area contributed by atoms with Crippen molar-refractivity contribution in [1.82, 2.24) is 9.80 Å². The summed E-state index contributed by atoms with van der Waals surface area (Å²) in [7, 11) is 3.87. The number of hydrogen-bond donors (Lipinski definition) is 1. The second-order valence-electron chi connectivity index (χ2n) is 8.01. The van der Waals surface area contributed by atoms with Gasteiger partial charge in [-0.1, -0.05) is 25.1 Å². The number of carbonyl (C=O) groups is 2. The number of benzene rings is 2. The van der Waals surface area contributed by atoms with Gasteiger partial charge in [0.25, 0.3) is 5.91 Å². The number of nitrogens with zero attached hydrogens (tertiary/aromatic N) is 2. The maximum atomic E-state index is 14.1. The minimum atomic E-state index is -0.317. The maximum Gasteiger partial charge on any atom is 0.254 e. The van der Waals surface area contributed by atoms with Crippen LogP contribution in [0.1, 0.15) is 29.3 Å². The first-order valence-electron chi connectivity index (χ1n) is 9.93. The Bertz CT molecular complexity index is 867. The lowest BCUT2D eigenvalue weighted by molar-refractivity contribution is -0.117. The standard InChI is InChI=1S/C23H28FN3O2/c1-16-14-20(16)22(28)25-19-10-8-17(9-11-19)23(29)27(13-12-26(2)3)15-18-6-4-5-7-21(18)24/h4-11,16,20H,12-15H2,1-3H3,(H,25,28). The van der Waals surface area contributed by atoms with Crippen LogP contribution in [0.5, 0.6) is 0 Å². The normalized spacial score (nSPS) is 17.8. The number of halogens is 1. The van der Waals surface area contributed by atoms with Crippen molar-refractivity contribution in [2.75, 3.05) is 32.5 Å². The maximum absolute atomic E-state index is 14.1. The molecule has 0 saturated heterocycles. The van der Waals surface area contributed by atoms with E-state index in [9.17, 15) is 14.0 Å². The van der Waals surface area contributed by atoms with Crippen LogP contribution in [-0.4, -0.2) is 48.8 Å². The fourth-order valence-corrected chi connectivity index (χ4v) is 3.21. The molecule has 0 spiro atoms. The van der Waals surface area contributed by atoms with E-state index in [0.29, 0.717) is 35.8 Å². The molecular weight excluding hydrogens is 369 g/mol. The van der Waals surface area contributed by atoms with Gasteiger partial charge in [0.1, 0.15) is 5.82 Å². The summed E-state index contributed by atoms with van der Waals surface area (Å²) < 4.78 is 14.1. The molecule has 1 aliphatic carbocycles. The van der Waals surface area contributed by atoms with Gasteiger partial charge in [0.2, 0.25) is 5.91 Å². The summed E-state index contributed by atoms with van der Waals surface area (Å²) in [4.78, 5) is 28.8. The van der Waals surface area contributed by atoms with Gasteiger partial charge in [0.05, 0.1) is 0 Å². The zero-order valence-electron chi connectivity index (χ0n) is 17.2. The molecule has 2 aromatic carbocycles. The summed E-state index contributed by atoms with van der Waals surface area (Å²) in [5.41, 5.74) is 1.68. The number of hydrogen-bond acceptors (Lipinski definition) is 3. The highest BCUT2D eigenvalue weighted by molar-refractivity contribution is 5.97. The number of likely N-dealkylation sites (N-methyl/N-ethyl adjacent to an activating group) is 1. The summed E-state index contributed by atoms with van der Waals surface area (Å²) in [5, 5.41) is 2.90. The van der Waals surface area contributed by atoms with Gasteiger partial charge in [-0.25, -0.2) is 4.39 Å². The Morgan fingerprint density at radius 1 is 1.07 bits per heavy atom. The lowest BCUT2D eigenvalue weighted by atomic mass is 10.1. The SMILES string of the molecule is CC1CC1C(=O)Nc1ccc(C(=O)N(CCN(C)C)Cc2ccccc2F)cc1. The van der Waals surface area contributed by atoms with Gasteiger partial charge in [-0.05, 0) is 56.8 Å². The van der Waals surface area contributed by atoms with Crippen LogP contribution < -0.4 is 5.32 Å². The fourth-order valence-electron chi connectivity index (χ4n) is 3.21. The highest BCUT2D eigenvalue weighted by atomic mass is 19.1. The molecule has 0 aromatic heterocycles. The number of nitrogens with one attached hydrogen (secondary N) is 1. The van der Waals surface area contributed by atoms with Crippen LogP contribution in [0, 0.1) is 17.7 Å². The van der Waals surface area contributed by atoms with E-state index < -0.39 is 0 Å². The van der Waals surface area contributed by atoms with E-state index >= 15 is 0 Å². The van der Waals surface area contributed by atoms with Crippen LogP contribution in [0.4, 0.5) is 10.1 Å². The van der Waals surface area contributed by atoms with Gasteiger partial charge < -0.3 is 15.1 Å². The molecule has 29 heavy (non-hydrogen) atoms. The first-order valence-corrected chi connectivity index (χ1v) is 9.93. The number of anilines is 1. The van der Waals surface area contributed by atoms with Crippen LogP contribution in [0.25, 0.3) is 0 Å². The summed E-state index contributed by atoms with van der Waals surface area (Å²) in [6.07, 6.45) is 0.930. The van der Waals surface area contributed by atoms with Crippen LogP contribution in [0.15, 0.2) is 48.5 Å². The van der Waals surface area contributed by atoms with Gasteiger partial charge in [-0.15, -0.1) is 0 Å². The molecule has 0 radical (unpaired) electrons. The first-order chi connectivity index (χ1) is 13.8. The summed E-state index contributed by atoms with van der Waals surface area (Å²) >= 11 is 0. The largest absolute Gasteiger partial charge is 0.333 e. The molecule has 5 nitrogen and oxygen atoms in total. The van der Waals surface area contributed by atoms with Gasteiger partial charge in [-0.3, -0.25) is 9.59 Å². The van der Waals surface area contributed by atoms with Crippen molar-refractivity contribution in [2.24, 2.45) is 11.8 Å². The Kier molecular flexibility index (Phi) is 6.64. The molecule has 2 aromatic rings. The summed E-state index contributed by atoms with van der Waals surface area (Å²) in [5.74, 6) is 0.0909. The summed E-state index contributed by atoms with van der Waals surface area (Å²) in [6.45, 7) is 3.42. The van der Waals surface area contributed by atoms with Crippen molar-refractivity contribution >= 4 is 17.5 Å². The Balaban J connectivity index is 1.70. The van der Waals surface area contributed by atoms with Crippen molar-refractivity contribution in [3.63, 3.8) is 0 Å². The van der Waals surface area contributed by atoms with Gasteiger partial charge >= 0.3 is 0 Å². The van der Waals surface area contributed by atoms with Crippen molar-refractivity contribution in [2.45, 2.75) is 19.9 Å². The predicted molar refractivity (Wildman–Crippen MR) is 112 cm³/mol. The lowest BCUT2D eigenvalue weighted by Crippen LogP contribution is -2.36. The zero-order chi connectivity index (χ0) is 21.0. The van der Waals surface area contributed by atoms with Crippen LogP contribution in [0.3, 0.4) is 0 Å². The third kappa shape index (κ3) is 5.64. The third-order valence-electron chi connectivity index (χ3n) is 5.27. The van der Waals surface area contributed by atoms with Gasteiger partial charge in [-0.2, -0.15) is 0 Å². The predicted octanol–water partition coefficient (Wildman–Crippen LogP) is 3.62. The number of amides is 2. The van der Waals surface area contributed by atoms with Crippen molar-refractivity contribution in [3.8, 4) is 0 Å². The molecule has 2 unspecified atom stereocenters. The van der Waals surface area contributed by atoms with E-state index in [0.717, 1.165) is 6.42 Å². The molecular formula is C23H28FN3O2. The Hall–Kier alpha value is -2.73. The van der Waals surface area contributed by atoms with Crippen molar-refractivity contribution in [3.05, 3.63) is 65.5 Å². The first kappa shape index (κ1) is 21.0. The Morgan fingerprint density at radius 2 is 1.72 bits per heavy atom. The molecule has 2 amide bonds. The molecule has 1 N–H and O–H groups in total. The molecule has 1 aliphatic rings. The average Bonchev–Trinajstić information content (AvgIpc) is 3.43. The smallest absolute Gasteiger partial charge is 0.254 e.